The summed E-state index contributed by atoms with van der Waals surface area (Å²) in [5.74, 6) is 0.231. The number of rotatable bonds is 1. The van der Waals surface area contributed by atoms with Crippen molar-refractivity contribution in [1.82, 2.24) is 0 Å². The number of ketones is 1. The molecule has 0 radical (unpaired) electrons. The molecule has 0 aromatic heterocycles. The lowest BCUT2D eigenvalue weighted by Crippen LogP contribution is -2.38. The van der Waals surface area contributed by atoms with Crippen molar-refractivity contribution in [3.8, 4) is 0 Å². The van der Waals surface area contributed by atoms with Gasteiger partial charge in [0.1, 0.15) is 0 Å². The summed E-state index contributed by atoms with van der Waals surface area (Å²) in [7, 11) is 0. The normalized spacial score (nSPS) is 24.8. The number of allylic oxidation sites excluding steroid dienone is 4. The van der Waals surface area contributed by atoms with Gasteiger partial charge in [-0.15, -0.1) is 0 Å². The fourth-order valence-corrected chi connectivity index (χ4v) is 2.77. The summed E-state index contributed by atoms with van der Waals surface area (Å²) in [5, 5.41) is 0. The highest BCUT2D eigenvalue weighted by atomic mass is 16.1. The predicted octanol–water partition coefficient (Wildman–Crippen LogP) is 4.20. The van der Waals surface area contributed by atoms with Crippen molar-refractivity contribution in [3.05, 3.63) is 58.2 Å². The van der Waals surface area contributed by atoms with Crippen molar-refractivity contribution >= 4 is 5.78 Å². The number of carbonyl (C=O) groups is 1. The highest BCUT2D eigenvalue weighted by Gasteiger charge is 2.41. The Kier molecular flexibility index (Phi) is 3.02. The maximum atomic E-state index is 12.7. The van der Waals surface area contributed by atoms with Gasteiger partial charge in [-0.2, -0.15) is 0 Å². The number of hydrogen-bond acceptors (Lipinski definition) is 1. The molecule has 1 aliphatic rings. The molecule has 1 atom stereocenters. The van der Waals surface area contributed by atoms with Crippen LogP contribution in [0.25, 0.3) is 0 Å². The first-order chi connectivity index (χ1) is 8.40. The third-order valence-electron chi connectivity index (χ3n) is 4.58. The van der Waals surface area contributed by atoms with Crippen LogP contribution in [0.3, 0.4) is 0 Å². The van der Waals surface area contributed by atoms with Crippen LogP contribution in [0.2, 0.25) is 0 Å². The molecule has 1 aromatic rings. The molecular formula is C17H20O. The molecule has 0 aliphatic heterocycles. The summed E-state index contributed by atoms with van der Waals surface area (Å²) in [4.78, 5) is 12.7. The highest BCUT2D eigenvalue weighted by Crippen LogP contribution is 2.42. The zero-order valence-electron chi connectivity index (χ0n) is 11.8. The van der Waals surface area contributed by atoms with Gasteiger partial charge < -0.3 is 0 Å². The van der Waals surface area contributed by atoms with Gasteiger partial charge >= 0.3 is 0 Å². The second kappa shape index (κ2) is 4.24. The third kappa shape index (κ3) is 1.58. The van der Waals surface area contributed by atoms with Gasteiger partial charge in [-0.3, -0.25) is 4.79 Å². The fourth-order valence-electron chi connectivity index (χ4n) is 2.77. The molecule has 1 heteroatoms. The van der Waals surface area contributed by atoms with E-state index < -0.39 is 5.41 Å². The van der Waals surface area contributed by atoms with E-state index in [0.29, 0.717) is 0 Å². The Balaban J connectivity index is 2.70. The first kappa shape index (κ1) is 12.8. The largest absolute Gasteiger partial charge is 0.293 e. The smallest absolute Gasteiger partial charge is 0.173 e. The third-order valence-corrected chi connectivity index (χ3v) is 4.58. The number of benzene rings is 1. The van der Waals surface area contributed by atoms with E-state index in [0.717, 1.165) is 16.7 Å². The van der Waals surface area contributed by atoms with E-state index in [-0.39, 0.29) is 5.78 Å². The fraction of sp³-hybridized carbons (Fsp3) is 0.353. The first-order valence-electron chi connectivity index (χ1n) is 6.36. The molecule has 0 amide bonds. The summed E-state index contributed by atoms with van der Waals surface area (Å²) in [6, 6.07) is 10.1. The molecule has 0 bridgehead atoms. The summed E-state index contributed by atoms with van der Waals surface area (Å²) in [5.41, 5.74) is 5.02. The van der Waals surface area contributed by atoms with Gasteiger partial charge in [-0.25, -0.2) is 0 Å². The van der Waals surface area contributed by atoms with E-state index in [4.69, 9.17) is 0 Å². The van der Waals surface area contributed by atoms with Crippen LogP contribution in [0.4, 0.5) is 0 Å². The van der Waals surface area contributed by atoms with Gasteiger partial charge in [0.2, 0.25) is 0 Å². The molecule has 1 aliphatic carbocycles. The topological polar surface area (TPSA) is 17.1 Å². The summed E-state index contributed by atoms with van der Waals surface area (Å²) in [6.45, 7) is 10.2. The van der Waals surface area contributed by atoms with Gasteiger partial charge in [0.25, 0.3) is 0 Å². The molecule has 94 valence electrons. The van der Waals surface area contributed by atoms with Crippen molar-refractivity contribution in [2.24, 2.45) is 0 Å². The van der Waals surface area contributed by atoms with Gasteiger partial charge in [0, 0.05) is 0 Å². The Morgan fingerprint density at radius 2 is 1.39 bits per heavy atom. The lowest BCUT2D eigenvalue weighted by atomic mass is 9.65. The Labute approximate surface area is 109 Å². The maximum Gasteiger partial charge on any atom is 0.173 e. The van der Waals surface area contributed by atoms with E-state index in [2.05, 4.69) is 13.8 Å². The quantitative estimate of drug-likeness (QED) is 0.719. The van der Waals surface area contributed by atoms with Gasteiger partial charge in [0.05, 0.1) is 5.41 Å². The van der Waals surface area contributed by atoms with Crippen molar-refractivity contribution in [2.75, 3.05) is 0 Å². The molecule has 1 unspecified atom stereocenters. The Morgan fingerprint density at radius 3 is 1.94 bits per heavy atom. The van der Waals surface area contributed by atoms with Crippen LogP contribution in [0, 0.1) is 0 Å². The Morgan fingerprint density at radius 1 is 0.833 bits per heavy atom. The van der Waals surface area contributed by atoms with Crippen LogP contribution in [0.1, 0.15) is 40.2 Å². The molecule has 0 fully saturated rings. The van der Waals surface area contributed by atoms with E-state index in [9.17, 15) is 4.79 Å². The van der Waals surface area contributed by atoms with Crippen molar-refractivity contribution in [1.29, 1.82) is 0 Å². The molecule has 1 nitrogen and oxygen atoms in total. The van der Waals surface area contributed by atoms with Crippen molar-refractivity contribution < 1.29 is 4.79 Å². The van der Waals surface area contributed by atoms with Crippen molar-refractivity contribution in [2.45, 2.75) is 40.0 Å². The Bertz CT molecular complexity index is 561. The lowest BCUT2D eigenvalue weighted by Gasteiger charge is -2.36. The highest BCUT2D eigenvalue weighted by molar-refractivity contribution is 6.07. The predicted molar refractivity (Wildman–Crippen MR) is 75.5 cm³/mol. The number of carbonyl (C=O) groups excluding carboxylic acids is 1. The van der Waals surface area contributed by atoms with Gasteiger partial charge in [-0.1, -0.05) is 35.9 Å². The monoisotopic (exact) mass is 240 g/mol. The zero-order valence-corrected chi connectivity index (χ0v) is 11.8. The lowest BCUT2D eigenvalue weighted by molar-refractivity contribution is -0.119. The van der Waals surface area contributed by atoms with Crippen LogP contribution < -0.4 is 0 Å². The first-order valence-corrected chi connectivity index (χ1v) is 6.36. The molecule has 0 heterocycles. The molecule has 1 aromatic carbocycles. The minimum atomic E-state index is -0.505. The minimum Gasteiger partial charge on any atom is -0.293 e. The second-order valence-electron chi connectivity index (χ2n) is 5.32. The molecular weight excluding hydrogens is 220 g/mol. The van der Waals surface area contributed by atoms with Crippen LogP contribution in [0.15, 0.2) is 52.6 Å². The van der Waals surface area contributed by atoms with E-state index in [1.807, 2.05) is 51.1 Å². The van der Waals surface area contributed by atoms with Crippen molar-refractivity contribution in [3.63, 3.8) is 0 Å². The SMILES string of the molecule is CC1=C(C)C(C)=C(C)C(C)(c2ccccc2)C1=O. The molecule has 0 saturated carbocycles. The van der Waals surface area contributed by atoms with Crippen LogP contribution in [0.5, 0.6) is 0 Å². The zero-order chi connectivity index (χ0) is 13.5. The van der Waals surface area contributed by atoms with E-state index in [1.54, 1.807) is 0 Å². The molecule has 2 rings (SSSR count). The standard InChI is InChI=1S/C17H20O/c1-11-12(2)14(4)17(5,16(18)13(11)3)15-9-7-6-8-10-15/h6-10H,1-5H3. The summed E-state index contributed by atoms with van der Waals surface area (Å²) in [6.07, 6.45) is 0. The van der Waals surface area contributed by atoms with Gasteiger partial charge in [-0.05, 0) is 56.9 Å². The number of hydrogen-bond donors (Lipinski definition) is 0. The Hall–Kier alpha value is -1.63. The average molecular weight is 240 g/mol. The van der Waals surface area contributed by atoms with E-state index in [1.165, 1.54) is 11.1 Å². The second-order valence-corrected chi connectivity index (χ2v) is 5.32. The van der Waals surface area contributed by atoms with Crippen LogP contribution >= 0.6 is 0 Å². The molecule has 0 spiro atoms. The van der Waals surface area contributed by atoms with Crippen LogP contribution in [-0.2, 0) is 10.2 Å². The summed E-state index contributed by atoms with van der Waals surface area (Å²) < 4.78 is 0. The molecule has 0 saturated heterocycles. The minimum absolute atomic E-state index is 0.231. The van der Waals surface area contributed by atoms with Gasteiger partial charge in [0.15, 0.2) is 5.78 Å². The molecule has 0 N–H and O–H groups in total. The average Bonchev–Trinajstić information content (AvgIpc) is 2.42. The molecule has 18 heavy (non-hydrogen) atoms. The summed E-state index contributed by atoms with van der Waals surface area (Å²) >= 11 is 0. The number of Topliss-reactive ketones (excluding diaryl/α,β-unsaturated/α-hetero) is 1. The van der Waals surface area contributed by atoms with E-state index >= 15 is 0 Å². The van der Waals surface area contributed by atoms with Crippen LogP contribution in [-0.4, -0.2) is 5.78 Å². The maximum absolute atomic E-state index is 12.7.